The number of aromatic nitrogens is 1. The first kappa shape index (κ1) is 22.5. The number of carbonyl (C=O) groups excluding carboxylic acids is 1. The summed E-state index contributed by atoms with van der Waals surface area (Å²) in [5.74, 6) is -0.0900. The summed E-state index contributed by atoms with van der Waals surface area (Å²) in [5, 5.41) is 9.55. The summed E-state index contributed by atoms with van der Waals surface area (Å²) >= 11 is 0. The van der Waals surface area contributed by atoms with E-state index >= 15 is 0 Å². The highest BCUT2D eigenvalue weighted by atomic mass is 19.4. The monoisotopic (exact) mass is 441 g/mol. The number of rotatable bonds is 5. The molecular formula is C22H30F3N3O3. The number of nitrogens with zero attached hydrogens (tertiary/aromatic N) is 3. The van der Waals surface area contributed by atoms with Gasteiger partial charge in [-0.15, -0.1) is 0 Å². The first-order chi connectivity index (χ1) is 14.9. The first-order valence-electron chi connectivity index (χ1n) is 11.1. The molecule has 1 saturated carbocycles. The third kappa shape index (κ3) is 5.04. The Balaban J connectivity index is 1.40. The van der Waals surface area contributed by atoms with Crippen LogP contribution in [0.5, 0.6) is 0 Å². The Hall–Kier alpha value is -1.71. The molecule has 4 rings (SSSR count). The third-order valence-electron chi connectivity index (χ3n) is 6.92. The number of aliphatic hydroxyl groups excluding tert-OH is 1. The molecule has 9 heteroatoms. The molecule has 1 aromatic rings. The Labute approximate surface area is 180 Å². The van der Waals surface area contributed by atoms with Crippen LogP contribution in [0.4, 0.5) is 13.2 Å². The molecule has 1 aliphatic carbocycles. The molecule has 2 atom stereocenters. The van der Waals surface area contributed by atoms with E-state index in [4.69, 9.17) is 4.74 Å². The van der Waals surface area contributed by atoms with Gasteiger partial charge in [-0.05, 0) is 43.7 Å². The predicted molar refractivity (Wildman–Crippen MR) is 107 cm³/mol. The average Bonchev–Trinajstić information content (AvgIpc) is 3.26. The Kier molecular flexibility index (Phi) is 6.83. The van der Waals surface area contributed by atoms with E-state index in [1.165, 1.54) is 0 Å². The summed E-state index contributed by atoms with van der Waals surface area (Å²) in [6, 6.07) is 1.75. The normalized spacial score (nSPS) is 25.1. The van der Waals surface area contributed by atoms with Crippen molar-refractivity contribution in [2.24, 2.45) is 5.92 Å². The standard InChI is InChI=1S/C22H30F3N3O3/c23-22(24,25)17-11-16-14-27(6-3-20(16)26-13-17)21(30)15-1-2-19(12-15)28(7-8-29)18-4-9-31-10-5-18/h11,13,15,18-19,29H,1-10,12,14H2/t15?,19-/m1/s1. The van der Waals surface area contributed by atoms with Gasteiger partial charge in [-0.1, -0.05) is 0 Å². The Morgan fingerprint density at radius 2 is 2.00 bits per heavy atom. The molecule has 2 aliphatic heterocycles. The molecule has 0 spiro atoms. The van der Waals surface area contributed by atoms with Crippen molar-refractivity contribution in [1.82, 2.24) is 14.8 Å². The van der Waals surface area contributed by atoms with Crippen LogP contribution in [0.25, 0.3) is 0 Å². The smallest absolute Gasteiger partial charge is 0.395 e. The van der Waals surface area contributed by atoms with Crippen molar-refractivity contribution < 1.29 is 27.8 Å². The van der Waals surface area contributed by atoms with Crippen molar-refractivity contribution in [3.63, 3.8) is 0 Å². The van der Waals surface area contributed by atoms with Crippen LogP contribution in [0, 0.1) is 5.92 Å². The largest absolute Gasteiger partial charge is 0.417 e. The molecule has 31 heavy (non-hydrogen) atoms. The number of alkyl halides is 3. The highest BCUT2D eigenvalue weighted by Gasteiger charge is 2.39. The van der Waals surface area contributed by atoms with Crippen molar-refractivity contribution in [1.29, 1.82) is 0 Å². The zero-order chi connectivity index (χ0) is 22.0. The second-order valence-electron chi connectivity index (χ2n) is 8.81. The molecule has 3 heterocycles. The van der Waals surface area contributed by atoms with E-state index < -0.39 is 11.7 Å². The lowest BCUT2D eigenvalue weighted by molar-refractivity contribution is -0.138. The van der Waals surface area contributed by atoms with Gasteiger partial charge >= 0.3 is 6.18 Å². The van der Waals surface area contributed by atoms with Gasteiger partial charge in [0.05, 0.1) is 12.2 Å². The van der Waals surface area contributed by atoms with Crippen LogP contribution in [-0.4, -0.2) is 70.8 Å². The Morgan fingerprint density at radius 3 is 2.71 bits per heavy atom. The van der Waals surface area contributed by atoms with Gasteiger partial charge in [0, 0.05) is 69.2 Å². The van der Waals surface area contributed by atoms with Crippen molar-refractivity contribution >= 4 is 5.91 Å². The summed E-state index contributed by atoms with van der Waals surface area (Å²) in [6.07, 6.45) is 1.21. The lowest BCUT2D eigenvalue weighted by Crippen LogP contribution is -2.47. The van der Waals surface area contributed by atoms with Gasteiger partial charge in [0.15, 0.2) is 0 Å². The van der Waals surface area contributed by atoms with E-state index in [0.29, 0.717) is 36.8 Å². The molecule has 0 radical (unpaired) electrons. The minimum atomic E-state index is -4.44. The first-order valence-corrected chi connectivity index (χ1v) is 11.1. The molecule has 1 aromatic heterocycles. The van der Waals surface area contributed by atoms with Crippen LogP contribution in [-0.2, 0) is 28.7 Å². The van der Waals surface area contributed by atoms with Gasteiger partial charge in [0.2, 0.25) is 5.91 Å². The number of carbonyl (C=O) groups is 1. The van der Waals surface area contributed by atoms with Gasteiger partial charge in [-0.2, -0.15) is 13.2 Å². The maximum Gasteiger partial charge on any atom is 0.417 e. The summed E-state index contributed by atoms with van der Waals surface area (Å²) in [4.78, 5) is 21.2. The fourth-order valence-electron chi connectivity index (χ4n) is 5.31. The fourth-order valence-corrected chi connectivity index (χ4v) is 5.31. The van der Waals surface area contributed by atoms with Gasteiger partial charge in [0.1, 0.15) is 0 Å². The van der Waals surface area contributed by atoms with Crippen molar-refractivity contribution in [3.8, 4) is 0 Å². The van der Waals surface area contributed by atoms with E-state index in [-0.39, 0.29) is 31.0 Å². The van der Waals surface area contributed by atoms with E-state index in [1.54, 1.807) is 4.90 Å². The molecule has 1 unspecified atom stereocenters. The molecule has 1 N–H and O–H groups in total. The minimum Gasteiger partial charge on any atom is -0.395 e. The van der Waals surface area contributed by atoms with Crippen LogP contribution < -0.4 is 0 Å². The minimum absolute atomic E-state index is 0.0292. The molecule has 0 bridgehead atoms. The number of ether oxygens (including phenoxy) is 1. The predicted octanol–water partition coefficient (Wildman–Crippen LogP) is 2.63. The van der Waals surface area contributed by atoms with Crippen LogP contribution in [0.3, 0.4) is 0 Å². The van der Waals surface area contributed by atoms with Crippen LogP contribution in [0.2, 0.25) is 0 Å². The summed E-state index contributed by atoms with van der Waals surface area (Å²) in [7, 11) is 0. The maximum atomic E-state index is 13.2. The number of halogens is 3. The molecule has 6 nitrogen and oxygen atoms in total. The molecular weight excluding hydrogens is 411 g/mol. The SMILES string of the molecule is O=C(C1CC[C@@H](N(CCO)C2CCOCC2)C1)N1CCc2ncc(C(F)(F)F)cc2C1. The summed E-state index contributed by atoms with van der Waals surface area (Å²) < 4.78 is 44.6. The number of aliphatic hydroxyl groups is 1. The summed E-state index contributed by atoms with van der Waals surface area (Å²) in [5.41, 5.74) is 0.376. The molecule has 1 saturated heterocycles. The van der Waals surface area contributed by atoms with Crippen molar-refractivity contribution in [2.75, 3.05) is 32.9 Å². The lowest BCUT2D eigenvalue weighted by atomic mass is 9.99. The zero-order valence-corrected chi connectivity index (χ0v) is 17.6. The Morgan fingerprint density at radius 1 is 1.23 bits per heavy atom. The number of pyridine rings is 1. The van der Waals surface area contributed by atoms with Crippen LogP contribution >= 0.6 is 0 Å². The van der Waals surface area contributed by atoms with Gasteiger partial charge in [0.25, 0.3) is 0 Å². The van der Waals surface area contributed by atoms with Crippen LogP contribution in [0.15, 0.2) is 12.3 Å². The van der Waals surface area contributed by atoms with Crippen molar-refractivity contribution in [3.05, 3.63) is 29.1 Å². The van der Waals surface area contributed by atoms with E-state index in [9.17, 15) is 23.1 Å². The second-order valence-corrected chi connectivity index (χ2v) is 8.81. The molecule has 3 aliphatic rings. The second kappa shape index (κ2) is 9.42. The average molecular weight is 441 g/mol. The van der Waals surface area contributed by atoms with Gasteiger partial charge < -0.3 is 14.7 Å². The van der Waals surface area contributed by atoms with Crippen LogP contribution in [0.1, 0.15) is 48.9 Å². The molecule has 172 valence electrons. The topological polar surface area (TPSA) is 65.9 Å². The van der Waals surface area contributed by atoms with E-state index in [1.807, 2.05) is 0 Å². The number of amides is 1. The number of hydrogen-bond donors (Lipinski definition) is 1. The molecule has 1 amide bonds. The van der Waals surface area contributed by atoms with Gasteiger partial charge in [-0.3, -0.25) is 14.7 Å². The van der Waals surface area contributed by atoms with Crippen molar-refractivity contribution in [2.45, 2.75) is 63.3 Å². The van der Waals surface area contributed by atoms with E-state index in [0.717, 1.165) is 57.6 Å². The molecule has 0 aromatic carbocycles. The zero-order valence-electron chi connectivity index (χ0n) is 17.6. The number of fused-ring (bicyclic) bond motifs is 1. The maximum absolute atomic E-state index is 13.2. The molecule has 2 fully saturated rings. The third-order valence-corrected chi connectivity index (χ3v) is 6.92. The fraction of sp³-hybridized carbons (Fsp3) is 0.727. The van der Waals surface area contributed by atoms with E-state index in [2.05, 4.69) is 9.88 Å². The lowest BCUT2D eigenvalue weighted by Gasteiger charge is -2.38. The summed E-state index contributed by atoms with van der Waals surface area (Å²) in [6.45, 7) is 2.81. The number of hydrogen-bond acceptors (Lipinski definition) is 5. The Bertz CT molecular complexity index is 783. The highest BCUT2D eigenvalue weighted by Crippen LogP contribution is 2.35. The highest BCUT2D eigenvalue weighted by molar-refractivity contribution is 5.79. The van der Waals surface area contributed by atoms with Gasteiger partial charge in [-0.25, -0.2) is 0 Å². The quantitative estimate of drug-likeness (QED) is 0.761.